The molecule has 0 radical (unpaired) electrons. The van der Waals surface area contributed by atoms with Crippen molar-refractivity contribution in [3.8, 4) is 11.5 Å². The fourth-order valence-corrected chi connectivity index (χ4v) is 4.91. The molecular weight excluding hydrogens is 404 g/mol. The van der Waals surface area contributed by atoms with E-state index in [0.717, 1.165) is 28.0 Å². The molecule has 0 aliphatic heterocycles. The van der Waals surface area contributed by atoms with Crippen LogP contribution in [0, 0.1) is 0 Å². The predicted molar refractivity (Wildman–Crippen MR) is 91.7 cm³/mol. The molecule has 1 aromatic heterocycles. The predicted octanol–water partition coefficient (Wildman–Crippen LogP) is 5.57. The van der Waals surface area contributed by atoms with E-state index in [9.17, 15) is 0 Å². The molecule has 0 fully saturated rings. The van der Waals surface area contributed by atoms with Crippen LogP contribution in [0.1, 0.15) is 27.8 Å². The van der Waals surface area contributed by atoms with E-state index in [4.69, 9.17) is 9.47 Å². The summed E-state index contributed by atoms with van der Waals surface area (Å²) < 4.78 is 11.7. The Balaban J connectivity index is 2.46. The molecule has 20 heavy (non-hydrogen) atoms. The van der Waals surface area contributed by atoms with Crippen LogP contribution in [0.4, 0.5) is 0 Å². The topological polar surface area (TPSA) is 18.5 Å². The quantitative estimate of drug-likeness (QED) is 0.589. The van der Waals surface area contributed by atoms with E-state index >= 15 is 0 Å². The van der Waals surface area contributed by atoms with Gasteiger partial charge in [0.15, 0.2) is 11.5 Å². The van der Waals surface area contributed by atoms with E-state index in [-0.39, 0.29) is 4.83 Å². The summed E-state index contributed by atoms with van der Waals surface area (Å²) in [5.41, 5.74) is 2.51. The van der Waals surface area contributed by atoms with Crippen LogP contribution >= 0.6 is 43.2 Å². The number of aryl methyl sites for hydroxylation is 1. The Morgan fingerprint density at radius 3 is 2.45 bits per heavy atom. The average Bonchev–Trinajstić information content (AvgIpc) is 2.94. The highest BCUT2D eigenvalue weighted by atomic mass is 79.9. The molecule has 0 saturated carbocycles. The van der Waals surface area contributed by atoms with Crippen molar-refractivity contribution in [3.63, 3.8) is 0 Å². The van der Waals surface area contributed by atoms with Gasteiger partial charge in [-0.3, -0.25) is 0 Å². The first-order chi connectivity index (χ1) is 9.62. The molecule has 0 bridgehead atoms. The maximum Gasteiger partial charge on any atom is 0.161 e. The Labute approximate surface area is 140 Å². The molecular formula is C15H16Br2O2S. The highest BCUT2D eigenvalue weighted by Crippen LogP contribution is 2.43. The molecule has 1 unspecified atom stereocenters. The third kappa shape index (κ3) is 3.05. The molecule has 0 saturated heterocycles. The van der Waals surface area contributed by atoms with Crippen LogP contribution in [0.5, 0.6) is 11.5 Å². The Morgan fingerprint density at radius 2 is 1.85 bits per heavy atom. The minimum absolute atomic E-state index is 0.145. The normalized spacial score (nSPS) is 12.2. The lowest BCUT2D eigenvalue weighted by Gasteiger charge is -2.16. The van der Waals surface area contributed by atoms with Gasteiger partial charge in [0.05, 0.1) is 19.0 Å². The monoisotopic (exact) mass is 418 g/mol. The highest BCUT2D eigenvalue weighted by molar-refractivity contribution is 9.11. The summed E-state index contributed by atoms with van der Waals surface area (Å²) >= 11 is 9.20. The van der Waals surface area contributed by atoms with Crippen LogP contribution in [0.25, 0.3) is 0 Å². The first-order valence-corrected chi connectivity index (χ1v) is 8.82. The lowest BCUT2D eigenvalue weighted by atomic mass is 10.1. The van der Waals surface area contributed by atoms with Gasteiger partial charge in [0.25, 0.3) is 0 Å². The molecule has 5 heteroatoms. The maximum absolute atomic E-state index is 5.39. The molecule has 108 valence electrons. The number of ether oxygens (including phenoxy) is 2. The third-order valence-corrected chi connectivity index (χ3v) is 6.13. The fourth-order valence-electron chi connectivity index (χ4n) is 2.07. The molecule has 0 spiro atoms. The van der Waals surface area contributed by atoms with E-state index in [0.29, 0.717) is 0 Å². The molecule has 0 aliphatic carbocycles. The Bertz CT molecular complexity index is 596. The van der Waals surface area contributed by atoms with Gasteiger partial charge in [-0.1, -0.05) is 38.8 Å². The molecule has 1 atom stereocenters. The number of methoxy groups -OCH3 is 2. The van der Waals surface area contributed by atoms with Crippen molar-refractivity contribution in [3.05, 3.63) is 44.1 Å². The van der Waals surface area contributed by atoms with Crippen molar-refractivity contribution in [1.29, 1.82) is 0 Å². The Hall–Kier alpha value is -0.520. The minimum Gasteiger partial charge on any atom is -0.493 e. The number of rotatable bonds is 5. The van der Waals surface area contributed by atoms with Crippen LogP contribution in [0.2, 0.25) is 0 Å². The molecule has 2 aromatic rings. The summed E-state index contributed by atoms with van der Waals surface area (Å²) in [5, 5.41) is 2.14. The zero-order valence-corrected chi connectivity index (χ0v) is 15.6. The molecule has 2 rings (SSSR count). The molecule has 0 aliphatic rings. The van der Waals surface area contributed by atoms with Crippen LogP contribution in [-0.4, -0.2) is 14.2 Å². The van der Waals surface area contributed by atoms with Crippen molar-refractivity contribution >= 4 is 43.2 Å². The summed E-state index contributed by atoms with van der Waals surface area (Å²) in [6.07, 6.45) is 1.03. The van der Waals surface area contributed by atoms with Crippen LogP contribution < -0.4 is 9.47 Å². The van der Waals surface area contributed by atoms with Gasteiger partial charge >= 0.3 is 0 Å². The summed E-state index contributed by atoms with van der Waals surface area (Å²) in [6, 6.07) is 6.14. The first kappa shape index (κ1) is 15.9. The van der Waals surface area contributed by atoms with Gasteiger partial charge in [0, 0.05) is 9.35 Å². The number of thiophene rings is 1. The van der Waals surface area contributed by atoms with Crippen LogP contribution in [-0.2, 0) is 6.42 Å². The maximum atomic E-state index is 5.39. The van der Waals surface area contributed by atoms with Gasteiger partial charge in [-0.2, -0.15) is 0 Å². The number of alkyl halides is 1. The first-order valence-electron chi connectivity index (χ1n) is 6.24. The van der Waals surface area contributed by atoms with Gasteiger partial charge in [-0.25, -0.2) is 0 Å². The SMILES string of the molecule is CCc1ccsc1C(Br)c1cc(OC)c(OC)cc1Br. The van der Waals surface area contributed by atoms with E-state index in [1.54, 1.807) is 25.6 Å². The highest BCUT2D eigenvalue weighted by Gasteiger charge is 2.20. The summed E-state index contributed by atoms with van der Waals surface area (Å²) in [7, 11) is 3.30. The zero-order chi connectivity index (χ0) is 14.7. The molecule has 0 N–H and O–H groups in total. The van der Waals surface area contributed by atoms with Crippen molar-refractivity contribution < 1.29 is 9.47 Å². The number of hydrogen-bond acceptors (Lipinski definition) is 3. The van der Waals surface area contributed by atoms with Crippen molar-refractivity contribution in [2.45, 2.75) is 18.2 Å². The molecule has 0 amide bonds. The fraction of sp³-hybridized carbons (Fsp3) is 0.333. The van der Waals surface area contributed by atoms with Gasteiger partial charge in [-0.15, -0.1) is 11.3 Å². The summed E-state index contributed by atoms with van der Waals surface area (Å²) in [5.74, 6) is 1.47. The average molecular weight is 420 g/mol. The molecule has 1 heterocycles. The summed E-state index contributed by atoms with van der Waals surface area (Å²) in [4.78, 5) is 1.48. The zero-order valence-electron chi connectivity index (χ0n) is 11.6. The summed E-state index contributed by atoms with van der Waals surface area (Å²) in [6.45, 7) is 2.18. The molecule has 1 aromatic carbocycles. The minimum atomic E-state index is 0.145. The lowest BCUT2D eigenvalue weighted by Crippen LogP contribution is -1.98. The van der Waals surface area contributed by atoms with Crippen molar-refractivity contribution in [2.75, 3.05) is 14.2 Å². The van der Waals surface area contributed by atoms with Crippen LogP contribution in [0.15, 0.2) is 28.1 Å². The smallest absolute Gasteiger partial charge is 0.161 e. The Morgan fingerprint density at radius 1 is 1.20 bits per heavy atom. The van der Waals surface area contributed by atoms with E-state index in [1.165, 1.54) is 10.4 Å². The standard InChI is InChI=1S/C15H16Br2O2S/c1-4-9-5-6-20-15(9)14(17)10-7-12(18-2)13(19-3)8-11(10)16/h5-8,14H,4H2,1-3H3. The van der Waals surface area contributed by atoms with Crippen molar-refractivity contribution in [1.82, 2.24) is 0 Å². The second-order valence-corrected chi connectivity index (χ2v) is 6.97. The number of benzene rings is 1. The second-order valence-electron chi connectivity index (χ2n) is 4.25. The number of halogens is 2. The van der Waals surface area contributed by atoms with Crippen LogP contribution in [0.3, 0.4) is 0 Å². The van der Waals surface area contributed by atoms with Gasteiger partial charge in [-0.05, 0) is 41.1 Å². The number of hydrogen-bond donors (Lipinski definition) is 0. The van der Waals surface area contributed by atoms with Gasteiger partial charge < -0.3 is 9.47 Å². The molecule has 2 nitrogen and oxygen atoms in total. The third-order valence-electron chi connectivity index (χ3n) is 3.17. The Kier molecular flexibility index (Phi) is 5.52. The van der Waals surface area contributed by atoms with E-state index < -0.39 is 0 Å². The largest absolute Gasteiger partial charge is 0.493 e. The lowest BCUT2D eigenvalue weighted by molar-refractivity contribution is 0.354. The second kappa shape index (κ2) is 6.96. The van der Waals surface area contributed by atoms with E-state index in [1.807, 2.05) is 12.1 Å². The van der Waals surface area contributed by atoms with Gasteiger partial charge in [0.1, 0.15) is 0 Å². The van der Waals surface area contributed by atoms with E-state index in [2.05, 4.69) is 50.2 Å². The van der Waals surface area contributed by atoms with Gasteiger partial charge in [0.2, 0.25) is 0 Å². The van der Waals surface area contributed by atoms with Crippen molar-refractivity contribution in [2.24, 2.45) is 0 Å².